The largest absolute Gasteiger partial charge is 0.422 e. The standard InChI is InChI=1S/C12H9IN2O3/c1-15-11(10(13)6-14-15)12(17)18-9-4-2-3-8(5-9)7-16/h2-7H,1H3. The number of ether oxygens (including phenoxy) is 1. The Morgan fingerprint density at radius 3 is 2.89 bits per heavy atom. The molecule has 0 aliphatic heterocycles. The predicted molar refractivity (Wildman–Crippen MR) is 72.7 cm³/mol. The van der Waals surface area contributed by atoms with Gasteiger partial charge in [0.15, 0.2) is 5.69 Å². The maximum atomic E-state index is 11.9. The van der Waals surface area contributed by atoms with Crippen LogP contribution in [-0.4, -0.2) is 22.0 Å². The molecule has 92 valence electrons. The molecule has 6 heteroatoms. The van der Waals surface area contributed by atoms with Crippen LogP contribution in [0, 0.1) is 3.57 Å². The summed E-state index contributed by atoms with van der Waals surface area (Å²) in [5, 5.41) is 3.96. The number of aromatic nitrogens is 2. The summed E-state index contributed by atoms with van der Waals surface area (Å²) in [4.78, 5) is 22.6. The van der Waals surface area contributed by atoms with E-state index in [0.717, 1.165) is 0 Å². The summed E-state index contributed by atoms with van der Waals surface area (Å²) in [7, 11) is 1.67. The molecule has 1 aromatic heterocycles. The average molecular weight is 356 g/mol. The zero-order valence-corrected chi connectivity index (χ0v) is 11.6. The molecule has 0 fully saturated rings. The van der Waals surface area contributed by atoms with Gasteiger partial charge in [-0.1, -0.05) is 12.1 Å². The topological polar surface area (TPSA) is 61.2 Å². The SMILES string of the molecule is Cn1ncc(I)c1C(=O)Oc1cccc(C=O)c1. The second-order valence-electron chi connectivity index (χ2n) is 3.54. The predicted octanol–water partition coefficient (Wildman–Crippen LogP) is 2.06. The number of hydrogen-bond donors (Lipinski definition) is 0. The fraction of sp³-hybridized carbons (Fsp3) is 0.0833. The third kappa shape index (κ3) is 2.58. The number of carbonyl (C=O) groups is 2. The van der Waals surface area contributed by atoms with Gasteiger partial charge in [-0.2, -0.15) is 5.10 Å². The number of aldehydes is 1. The number of aryl methyl sites for hydroxylation is 1. The van der Waals surface area contributed by atoms with Crippen molar-refractivity contribution < 1.29 is 14.3 Å². The van der Waals surface area contributed by atoms with E-state index in [1.165, 1.54) is 10.7 Å². The minimum atomic E-state index is -0.498. The molecule has 0 aliphatic rings. The van der Waals surface area contributed by atoms with E-state index in [0.29, 0.717) is 26.9 Å². The van der Waals surface area contributed by atoms with Crippen LogP contribution >= 0.6 is 22.6 Å². The van der Waals surface area contributed by atoms with Gasteiger partial charge in [-0.3, -0.25) is 9.48 Å². The van der Waals surface area contributed by atoms with Gasteiger partial charge in [-0.05, 0) is 34.7 Å². The van der Waals surface area contributed by atoms with Crippen molar-refractivity contribution in [2.24, 2.45) is 7.05 Å². The van der Waals surface area contributed by atoms with E-state index in [4.69, 9.17) is 4.74 Å². The van der Waals surface area contributed by atoms with E-state index in [1.807, 2.05) is 22.6 Å². The quantitative estimate of drug-likeness (QED) is 0.366. The Labute approximate surface area is 117 Å². The maximum Gasteiger partial charge on any atom is 0.363 e. The fourth-order valence-corrected chi connectivity index (χ4v) is 2.14. The summed E-state index contributed by atoms with van der Waals surface area (Å²) in [6, 6.07) is 6.42. The van der Waals surface area contributed by atoms with Gasteiger partial charge in [-0.15, -0.1) is 0 Å². The maximum absolute atomic E-state index is 11.9. The van der Waals surface area contributed by atoms with Gasteiger partial charge in [0.1, 0.15) is 12.0 Å². The minimum Gasteiger partial charge on any atom is -0.422 e. The first-order valence-corrected chi connectivity index (χ1v) is 6.14. The number of halogens is 1. The van der Waals surface area contributed by atoms with E-state index >= 15 is 0 Å². The van der Waals surface area contributed by atoms with Crippen LogP contribution in [0.4, 0.5) is 0 Å². The van der Waals surface area contributed by atoms with Gasteiger partial charge in [0.25, 0.3) is 0 Å². The van der Waals surface area contributed by atoms with E-state index < -0.39 is 5.97 Å². The number of hydrogen-bond acceptors (Lipinski definition) is 4. The van der Waals surface area contributed by atoms with Gasteiger partial charge in [-0.25, -0.2) is 4.79 Å². The van der Waals surface area contributed by atoms with Crippen molar-refractivity contribution in [2.45, 2.75) is 0 Å². The highest BCUT2D eigenvalue weighted by Crippen LogP contribution is 2.16. The van der Waals surface area contributed by atoms with Crippen LogP contribution in [0.3, 0.4) is 0 Å². The molecule has 1 heterocycles. The van der Waals surface area contributed by atoms with Crippen LogP contribution in [0.5, 0.6) is 5.75 Å². The van der Waals surface area contributed by atoms with Crippen LogP contribution in [0.15, 0.2) is 30.5 Å². The normalized spacial score (nSPS) is 10.1. The molecule has 0 unspecified atom stereocenters. The molecule has 0 atom stereocenters. The van der Waals surface area contributed by atoms with Gasteiger partial charge in [0.05, 0.1) is 9.77 Å². The van der Waals surface area contributed by atoms with Crippen molar-refractivity contribution in [2.75, 3.05) is 0 Å². The summed E-state index contributed by atoms with van der Waals surface area (Å²) in [6.45, 7) is 0. The van der Waals surface area contributed by atoms with E-state index in [1.54, 1.807) is 31.4 Å². The van der Waals surface area contributed by atoms with Crippen LogP contribution < -0.4 is 4.74 Å². The van der Waals surface area contributed by atoms with Crippen molar-refractivity contribution >= 4 is 34.8 Å². The summed E-state index contributed by atoms with van der Waals surface area (Å²) in [5.74, 6) is -0.163. The highest BCUT2D eigenvalue weighted by Gasteiger charge is 2.17. The first kappa shape index (κ1) is 12.7. The molecule has 5 nitrogen and oxygen atoms in total. The van der Waals surface area contributed by atoms with Crippen molar-refractivity contribution in [1.82, 2.24) is 9.78 Å². The van der Waals surface area contributed by atoms with Crippen LogP contribution in [-0.2, 0) is 7.05 Å². The molecule has 0 spiro atoms. The molecule has 0 saturated heterocycles. The molecule has 18 heavy (non-hydrogen) atoms. The second kappa shape index (κ2) is 5.30. The van der Waals surface area contributed by atoms with Crippen molar-refractivity contribution in [1.29, 1.82) is 0 Å². The molecule has 0 bridgehead atoms. The number of benzene rings is 1. The Hall–Kier alpha value is -1.70. The number of nitrogens with zero attached hydrogens (tertiary/aromatic N) is 2. The smallest absolute Gasteiger partial charge is 0.363 e. The molecule has 0 saturated carbocycles. The lowest BCUT2D eigenvalue weighted by molar-refractivity contribution is 0.0721. The highest BCUT2D eigenvalue weighted by atomic mass is 127. The summed E-state index contributed by atoms with van der Waals surface area (Å²) in [6.07, 6.45) is 2.28. The zero-order chi connectivity index (χ0) is 13.1. The van der Waals surface area contributed by atoms with E-state index in [-0.39, 0.29) is 0 Å². The molecule has 2 rings (SSSR count). The monoisotopic (exact) mass is 356 g/mol. The molecule has 0 N–H and O–H groups in total. The lowest BCUT2D eigenvalue weighted by Gasteiger charge is -2.05. The van der Waals surface area contributed by atoms with Gasteiger partial charge >= 0.3 is 5.97 Å². The van der Waals surface area contributed by atoms with Crippen LogP contribution in [0.1, 0.15) is 20.8 Å². The fourth-order valence-electron chi connectivity index (χ4n) is 1.45. The summed E-state index contributed by atoms with van der Waals surface area (Å²) in [5.41, 5.74) is 0.840. The molecular formula is C12H9IN2O3. The molecule has 1 aromatic carbocycles. The summed E-state index contributed by atoms with van der Waals surface area (Å²) < 4.78 is 7.37. The Morgan fingerprint density at radius 1 is 1.50 bits per heavy atom. The Kier molecular flexibility index (Phi) is 3.75. The Bertz CT molecular complexity index is 588. The van der Waals surface area contributed by atoms with Crippen LogP contribution in [0.2, 0.25) is 0 Å². The molecule has 2 aromatic rings. The number of carbonyl (C=O) groups excluding carboxylic acids is 2. The van der Waals surface area contributed by atoms with Crippen molar-refractivity contribution in [3.63, 3.8) is 0 Å². The van der Waals surface area contributed by atoms with E-state index in [9.17, 15) is 9.59 Å². The number of esters is 1. The third-order valence-electron chi connectivity index (χ3n) is 2.29. The van der Waals surface area contributed by atoms with Crippen molar-refractivity contribution in [3.05, 3.63) is 45.3 Å². The van der Waals surface area contributed by atoms with E-state index in [2.05, 4.69) is 5.10 Å². The molecule has 0 radical (unpaired) electrons. The lowest BCUT2D eigenvalue weighted by atomic mass is 10.2. The molecular weight excluding hydrogens is 347 g/mol. The number of rotatable bonds is 3. The zero-order valence-electron chi connectivity index (χ0n) is 9.46. The Morgan fingerprint density at radius 2 is 2.28 bits per heavy atom. The first-order valence-electron chi connectivity index (χ1n) is 5.06. The average Bonchev–Trinajstić information content (AvgIpc) is 2.69. The van der Waals surface area contributed by atoms with Gasteiger partial charge in [0, 0.05) is 12.6 Å². The molecule has 0 amide bonds. The minimum absolute atomic E-state index is 0.335. The van der Waals surface area contributed by atoms with Gasteiger partial charge in [0.2, 0.25) is 0 Å². The first-order chi connectivity index (χ1) is 8.61. The van der Waals surface area contributed by atoms with Gasteiger partial charge < -0.3 is 4.74 Å². The molecule has 0 aliphatic carbocycles. The summed E-state index contributed by atoms with van der Waals surface area (Å²) >= 11 is 2.01. The lowest BCUT2D eigenvalue weighted by Crippen LogP contribution is -2.14. The van der Waals surface area contributed by atoms with Crippen LogP contribution in [0.25, 0.3) is 0 Å². The highest BCUT2D eigenvalue weighted by molar-refractivity contribution is 14.1. The second-order valence-corrected chi connectivity index (χ2v) is 4.71. The third-order valence-corrected chi connectivity index (χ3v) is 3.08. The Balaban J connectivity index is 2.24. The van der Waals surface area contributed by atoms with Crippen molar-refractivity contribution in [3.8, 4) is 5.75 Å².